The van der Waals surface area contributed by atoms with E-state index in [4.69, 9.17) is 5.10 Å². The minimum atomic E-state index is 0.0574. The first kappa shape index (κ1) is 17.0. The van der Waals surface area contributed by atoms with Crippen LogP contribution in [0.4, 0.5) is 0 Å². The number of piperidine rings is 1. The highest BCUT2D eigenvalue weighted by Gasteiger charge is 2.28. The number of para-hydroxylation sites is 1. The second-order valence-electron chi connectivity index (χ2n) is 6.81. The molecule has 0 saturated carbocycles. The number of hydrogen-bond donors (Lipinski definition) is 0. The fraction of sp³-hybridized carbons (Fsp3) is 0.350. The molecule has 0 spiro atoms. The van der Waals surface area contributed by atoms with Gasteiger partial charge in [-0.15, -0.1) is 11.3 Å². The van der Waals surface area contributed by atoms with Crippen LogP contribution in [-0.4, -0.2) is 38.7 Å². The highest BCUT2D eigenvalue weighted by atomic mass is 32.1. The van der Waals surface area contributed by atoms with Crippen LogP contribution in [0.1, 0.15) is 45.5 Å². The quantitative estimate of drug-likeness (QED) is 0.705. The number of nitrogens with zero attached hydrogens (tertiary/aromatic N) is 4. The van der Waals surface area contributed by atoms with E-state index in [1.807, 2.05) is 17.2 Å². The van der Waals surface area contributed by atoms with Crippen molar-refractivity contribution in [2.24, 2.45) is 0 Å². The molecule has 2 aromatic heterocycles. The van der Waals surface area contributed by atoms with Crippen molar-refractivity contribution in [3.63, 3.8) is 0 Å². The number of benzene rings is 1. The first-order valence-electron chi connectivity index (χ1n) is 8.95. The molecule has 1 aliphatic heterocycles. The summed E-state index contributed by atoms with van der Waals surface area (Å²) in [4.78, 5) is 18.6. The number of aromatic nitrogens is 3. The van der Waals surface area contributed by atoms with Crippen molar-refractivity contribution in [3.8, 4) is 5.69 Å². The molecule has 3 heterocycles. The van der Waals surface area contributed by atoms with E-state index >= 15 is 0 Å². The lowest BCUT2D eigenvalue weighted by Gasteiger charge is -2.31. The number of carbonyl (C=O) groups is 1. The maximum atomic E-state index is 12.5. The molecule has 0 unspecified atom stereocenters. The van der Waals surface area contributed by atoms with E-state index in [0.29, 0.717) is 10.9 Å². The summed E-state index contributed by atoms with van der Waals surface area (Å²) in [6, 6.07) is 10.5. The summed E-state index contributed by atoms with van der Waals surface area (Å²) < 4.78 is 2.09. The lowest BCUT2D eigenvalue weighted by molar-refractivity contribution is 0.0711. The van der Waals surface area contributed by atoms with Gasteiger partial charge in [0.15, 0.2) is 5.01 Å². The molecular formula is C20H22N4OS. The Kier molecular flexibility index (Phi) is 4.59. The van der Waals surface area contributed by atoms with Gasteiger partial charge in [-0.25, -0.2) is 9.67 Å². The Morgan fingerprint density at radius 3 is 2.65 bits per heavy atom. The molecule has 0 atom stereocenters. The number of aryl methyl sites for hydroxylation is 2. The molecule has 6 heteroatoms. The van der Waals surface area contributed by atoms with E-state index in [2.05, 4.69) is 46.9 Å². The highest BCUT2D eigenvalue weighted by molar-refractivity contribution is 7.11. The predicted octanol–water partition coefficient (Wildman–Crippen LogP) is 3.97. The van der Waals surface area contributed by atoms with Crippen molar-refractivity contribution < 1.29 is 4.79 Å². The summed E-state index contributed by atoms with van der Waals surface area (Å²) in [5.74, 6) is 0.471. The average molecular weight is 366 g/mol. The van der Waals surface area contributed by atoms with Crippen molar-refractivity contribution >= 4 is 17.2 Å². The van der Waals surface area contributed by atoms with Gasteiger partial charge in [0.25, 0.3) is 5.91 Å². The standard InChI is InChI=1S/C20H22N4OS/c1-14-5-3-4-6-17(14)24-18(13-15(2)22-24)16-7-10-23(11-8-16)20(25)19-21-9-12-26-19/h3-6,9,12-13,16H,7-8,10-11H2,1-2H3. The maximum absolute atomic E-state index is 12.5. The highest BCUT2D eigenvalue weighted by Crippen LogP contribution is 2.31. The average Bonchev–Trinajstić information content (AvgIpc) is 3.31. The van der Waals surface area contributed by atoms with Gasteiger partial charge in [0.1, 0.15) is 0 Å². The molecule has 1 aromatic carbocycles. The van der Waals surface area contributed by atoms with Gasteiger partial charge in [0, 0.05) is 36.3 Å². The number of likely N-dealkylation sites (tertiary alicyclic amines) is 1. The van der Waals surface area contributed by atoms with Gasteiger partial charge in [-0.3, -0.25) is 4.79 Å². The normalized spacial score (nSPS) is 15.4. The van der Waals surface area contributed by atoms with Gasteiger partial charge in [0.05, 0.1) is 11.4 Å². The molecule has 1 aliphatic rings. The van der Waals surface area contributed by atoms with Crippen LogP contribution in [0.15, 0.2) is 41.9 Å². The zero-order chi connectivity index (χ0) is 18.1. The Morgan fingerprint density at radius 2 is 1.96 bits per heavy atom. The van der Waals surface area contributed by atoms with Crippen molar-refractivity contribution in [3.05, 3.63) is 63.9 Å². The largest absolute Gasteiger partial charge is 0.337 e. The van der Waals surface area contributed by atoms with Crippen molar-refractivity contribution in [1.82, 2.24) is 19.7 Å². The van der Waals surface area contributed by atoms with E-state index in [1.165, 1.54) is 22.6 Å². The van der Waals surface area contributed by atoms with Crippen molar-refractivity contribution in [2.45, 2.75) is 32.6 Å². The monoisotopic (exact) mass is 366 g/mol. The van der Waals surface area contributed by atoms with Crippen molar-refractivity contribution in [2.75, 3.05) is 13.1 Å². The maximum Gasteiger partial charge on any atom is 0.282 e. The minimum Gasteiger partial charge on any atom is -0.337 e. The molecular weight excluding hydrogens is 344 g/mol. The molecule has 0 aliphatic carbocycles. The SMILES string of the molecule is Cc1cc(C2CCN(C(=O)c3nccs3)CC2)n(-c2ccccc2C)n1. The molecule has 4 rings (SSSR count). The van der Waals surface area contributed by atoms with Gasteiger partial charge in [-0.1, -0.05) is 18.2 Å². The Hall–Kier alpha value is -2.47. The summed E-state index contributed by atoms with van der Waals surface area (Å²) in [5.41, 5.74) is 4.63. The van der Waals surface area contributed by atoms with Crippen LogP contribution in [0.2, 0.25) is 0 Å². The molecule has 0 bridgehead atoms. The molecule has 3 aromatic rings. The van der Waals surface area contributed by atoms with E-state index in [0.717, 1.165) is 37.3 Å². The van der Waals surface area contributed by atoms with E-state index in [1.54, 1.807) is 6.20 Å². The number of amides is 1. The third-order valence-electron chi connectivity index (χ3n) is 5.02. The van der Waals surface area contributed by atoms with E-state index in [-0.39, 0.29) is 5.91 Å². The van der Waals surface area contributed by atoms with Gasteiger partial charge in [-0.05, 0) is 44.4 Å². The summed E-state index contributed by atoms with van der Waals surface area (Å²) in [6.45, 7) is 5.69. The Balaban J connectivity index is 1.54. The van der Waals surface area contributed by atoms with E-state index < -0.39 is 0 Å². The lowest BCUT2D eigenvalue weighted by Crippen LogP contribution is -2.38. The number of thiazole rings is 1. The van der Waals surface area contributed by atoms with Crippen molar-refractivity contribution in [1.29, 1.82) is 0 Å². The van der Waals surface area contributed by atoms with Crippen LogP contribution in [0.3, 0.4) is 0 Å². The Labute approximate surface area is 157 Å². The molecule has 0 N–H and O–H groups in total. The summed E-state index contributed by atoms with van der Waals surface area (Å²) in [5, 5.41) is 7.18. The third kappa shape index (κ3) is 3.17. The molecule has 1 fully saturated rings. The molecule has 26 heavy (non-hydrogen) atoms. The van der Waals surface area contributed by atoms with Crippen LogP contribution in [0.25, 0.3) is 5.69 Å². The fourth-order valence-corrected chi connectivity index (χ4v) is 4.25. The fourth-order valence-electron chi connectivity index (χ4n) is 3.65. The zero-order valence-corrected chi connectivity index (χ0v) is 15.9. The van der Waals surface area contributed by atoms with Gasteiger partial charge in [-0.2, -0.15) is 5.10 Å². The second-order valence-corrected chi connectivity index (χ2v) is 7.71. The first-order chi connectivity index (χ1) is 12.6. The summed E-state index contributed by atoms with van der Waals surface area (Å²) >= 11 is 1.41. The molecule has 0 radical (unpaired) electrons. The van der Waals surface area contributed by atoms with Crippen LogP contribution >= 0.6 is 11.3 Å². The predicted molar refractivity (Wildman–Crippen MR) is 103 cm³/mol. The molecule has 134 valence electrons. The molecule has 1 saturated heterocycles. The topological polar surface area (TPSA) is 51.0 Å². The van der Waals surface area contributed by atoms with Crippen LogP contribution in [0.5, 0.6) is 0 Å². The number of carbonyl (C=O) groups excluding carboxylic acids is 1. The number of rotatable bonds is 3. The number of hydrogen-bond acceptors (Lipinski definition) is 4. The third-order valence-corrected chi connectivity index (χ3v) is 5.78. The van der Waals surface area contributed by atoms with Crippen LogP contribution in [-0.2, 0) is 0 Å². The zero-order valence-electron chi connectivity index (χ0n) is 15.1. The van der Waals surface area contributed by atoms with Gasteiger partial charge in [0.2, 0.25) is 0 Å². The van der Waals surface area contributed by atoms with E-state index in [9.17, 15) is 4.79 Å². The van der Waals surface area contributed by atoms with Gasteiger partial charge >= 0.3 is 0 Å². The van der Waals surface area contributed by atoms with Crippen LogP contribution in [0, 0.1) is 13.8 Å². The summed E-state index contributed by atoms with van der Waals surface area (Å²) in [7, 11) is 0. The smallest absolute Gasteiger partial charge is 0.282 e. The second kappa shape index (κ2) is 7.03. The first-order valence-corrected chi connectivity index (χ1v) is 9.83. The minimum absolute atomic E-state index is 0.0574. The molecule has 1 amide bonds. The lowest BCUT2D eigenvalue weighted by atomic mass is 9.93. The molecule has 5 nitrogen and oxygen atoms in total. The van der Waals surface area contributed by atoms with Gasteiger partial charge < -0.3 is 4.90 Å². The Morgan fingerprint density at radius 1 is 1.19 bits per heavy atom. The summed E-state index contributed by atoms with van der Waals surface area (Å²) in [6.07, 6.45) is 3.59. The van der Waals surface area contributed by atoms with Crippen LogP contribution < -0.4 is 0 Å². The Bertz CT molecular complexity index is 908.